The van der Waals surface area contributed by atoms with Crippen LogP contribution in [0.3, 0.4) is 0 Å². The largest absolute Gasteiger partial charge is 0.326 e. The molecule has 0 spiro atoms. The number of amidine groups is 1. The van der Waals surface area contributed by atoms with Crippen molar-refractivity contribution in [2.24, 2.45) is 4.99 Å². The lowest BCUT2D eigenvalue weighted by molar-refractivity contribution is -0.130. The molecule has 6 heteroatoms. The van der Waals surface area contributed by atoms with E-state index in [1.54, 1.807) is 7.05 Å². The summed E-state index contributed by atoms with van der Waals surface area (Å²) in [7, 11) is 1.73. The van der Waals surface area contributed by atoms with Crippen molar-refractivity contribution in [3.05, 3.63) is 29.3 Å². The fourth-order valence-corrected chi connectivity index (χ4v) is 4.81. The maximum atomic E-state index is 12.9. The smallest absolute Gasteiger partial charge is 0.242 e. The fraction of sp³-hybridized carbons (Fsp3) is 0.550. The van der Waals surface area contributed by atoms with Crippen LogP contribution in [0.2, 0.25) is 0 Å². The fourth-order valence-electron chi connectivity index (χ4n) is 3.65. The van der Waals surface area contributed by atoms with Crippen LogP contribution in [-0.2, 0) is 9.59 Å². The van der Waals surface area contributed by atoms with Crippen molar-refractivity contribution >= 4 is 34.4 Å². The third kappa shape index (κ3) is 4.11. The van der Waals surface area contributed by atoms with E-state index in [4.69, 9.17) is 0 Å². The van der Waals surface area contributed by atoms with Gasteiger partial charge in [0.05, 0.1) is 0 Å². The van der Waals surface area contributed by atoms with E-state index in [2.05, 4.69) is 10.3 Å². The van der Waals surface area contributed by atoms with Gasteiger partial charge in [-0.3, -0.25) is 19.5 Å². The van der Waals surface area contributed by atoms with Gasteiger partial charge in [0.2, 0.25) is 11.8 Å². The number of nitrogens with one attached hydrogen (secondary N) is 1. The minimum absolute atomic E-state index is 0.0396. The van der Waals surface area contributed by atoms with Crippen molar-refractivity contribution in [1.29, 1.82) is 0 Å². The molecule has 1 aliphatic heterocycles. The summed E-state index contributed by atoms with van der Waals surface area (Å²) in [6, 6.07) is 6.10. The molecule has 26 heavy (non-hydrogen) atoms. The van der Waals surface area contributed by atoms with E-state index in [0.29, 0.717) is 0 Å². The summed E-state index contributed by atoms with van der Waals surface area (Å²) in [6.07, 6.45) is 5.81. The Balaban J connectivity index is 1.64. The number of thioether (sulfide) groups is 1. The molecule has 2 aliphatic rings. The molecule has 1 atom stereocenters. The lowest BCUT2D eigenvalue weighted by atomic mass is 9.94. The van der Waals surface area contributed by atoms with Crippen molar-refractivity contribution < 1.29 is 9.59 Å². The van der Waals surface area contributed by atoms with Gasteiger partial charge in [0, 0.05) is 25.2 Å². The van der Waals surface area contributed by atoms with E-state index < -0.39 is 0 Å². The van der Waals surface area contributed by atoms with Gasteiger partial charge in [0.1, 0.15) is 5.25 Å². The first-order valence-electron chi connectivity index (χ1n) is 9.33. The van der Waals surface area contributed by atoms with Gasteiger partial charge in [-0.1, -0.05) is 37.1 Å². The quantitative estimate of drug-likeness (QED) is 0.871. The predicted molar refractivity (Wildman–Crippen MR) is 108 cm³/mol. The summed E-state index contributed by atoms with van der Waals surface area (Å²) in [5.41, 5.74) is 3.11. The maximum Gasteiger partial charge on any atom is 0.242 e. The van der Waals surface area contributed by atoms with E-state index in [0.717, 1.165) is 42.1 Å². The molecule has 0 aromatic heterocycles. The number of aliphatic imine (C=N–C) groups is 1. The zero-order valence-electron chi connectivity index (χ0n) is 15.7. The Kier molecular flexibility index (Phi) is 6.01. The lowest BCUT2D eigenvalue weighted by Gasteiger charge is -2.30. The number of carbonyl (C=O) groups is 2. The number of nitrogens with zero attached hydrogens (tertiary/aromatic N) is 2. The monoisotopic (exact) mass is 373 g/mol. The minimum Gasteiger partial charge on any atom is -0.326 e. The molecule has 1 aromatic carbocycles. The standard InChI is InChI=1S/C20H27N3O2S/c1-13-9-10-15(11-14(13)2)22-18(24)12-17-19(25)23(20(21-3)26-17)16-7-5-4-6-8-16/h9-11,16-17H,4-8,12H2,1-3H3,(H,22,24). The van der Waals surface area contributed by atoms with Crippen LogP contribution in [0, 0.1) is 13.8 Å². The third-order valence-electron chi connectivity index (χ3n) is 5.26. The molecule has 0 bridgehead atoms. The van der Waals surface area contributed by atoms with E-state index in [1.165, 1.54) is 23.7 Å². The molecule has 140 valence electrons. The molecule has 3 rings (SSSR count). The van der Waals surface area contributed by atoms with Crippen molar-refractivity contribution in [1.82, 2.24) is 4.90 Å². The topological polar surface area (TPSA) is 61.8 Å². The van der Waals surface area contributed by atoms with Crippen molar-refractivity contribution in [3.8, 4) is 0 Å². The first-order valence-corrected chi connectivity index (χ1v) is 10.2. The number of rotatable bonds is 4. The lowest BCUT2D eigenvalue weighted by Crippen LogP contribution is -2.42. The van der Waals surface area contributed by atoms with Gasteiger partial charge >= 0.3 is 0 Å². The Morgan fingerprint density at radius 2 is 1.96 bits per heavy atom. The van der Waals surface area contributed by atoms with Crippen LogP contribution >= 0.6 is 11.8 Å². The molecule has 1 aliphatic carbocycles. The number of amides is 2. The molecule has 1 heterocycles. The van der Waals surface area contributed by atoms with Crippen LogP contribution in [0.1, 0.15) is 49.7 Å². The second kappa shape index (κ2) is 8.25. The Morgan fingerprint density at radius 1 is 1.23 bits per heavy atom. The van der Waals surface area contributed by atoms with Crippen LogP contribution in [0.25, 0.3) is 0 Å². The van der Waals surface area contributed by atoms with Gasteiger partial charge in [0.25, 0.3) is 0 Å². The summed E-state index contributed by atoms with van der Waals surface area (Å²) in [5.74, 6) is -0.0854. The summed E-state index contributed by atoms with van der Waals surface area (Å²) in [4.78, 5) is 31.5. The average Bonchev–Trinajstić information content (AvgIpc) is 2.94. The van der Waals surface area contributed by atoms with Gasteiger partial charge < -0.3 is 5.32 Å². The van der Waals surface area contributed by atoms with Crippen LogP contribution in [-0.4, -0.2) is 40.2 Å². The number of hydrogen-bond donors (Lipinski definition) is 1. The van der Waals surface area contributed by atoms with E-state index in [9.17, 15) is 9.59 Å². The summed E-state index contributed by atoms with van der Waals surface area (Å²) < 4.78 is 0. The Morgan fingerprint density at radius 3 is 2.62 bits per heavy atom. The highest BCUT2D eigenvalue weighted by Crippen LogP contribution is 2.35. The maximum absolute atomic E-state index is 12.9. The SMILES string of the molecule is CN=C1SC(CC(=O)Nc2ccc(C)c(C)c2)C(=O)N1C1CCCCC1. The molecule has 1 N–H and O–H groups in total. The van der Waals surface area contributed by atoms with Gasteiger partial charge in [-0.15, -0.1) is 0 Å². The van der Waals surface area contributed by atoms with Crippen molar-refractivity contribution in [3.63, 3.8) is 0 Å². The van der Waals surface area contributed by atoms with Crippen molar-refractivity contribution in [2.45, 2.75) is 63.7 Å². The molecule has 1 saturated heterocycles. The normalized spacial score (nSPS) is 22.9. The molecular weight excluding hydrogens is 346 g/mol. The first-order chi connectivity index (χ1) is 12.5. The molecule has 1 unspecified atom stereocenters. The average molecular weight is 374 g/mol. The van der Waals surface area contributed by atoms with E-state index >= 15 is 0 Å². The number of anilines is 1. The Hall–Kier alpha value is -1.82. The molecule has 1 aromatic rings. The third-order valence-corrected chi connectivity index (χ3v) is 6.50. The molecule has 2 amide bonds. The number of aryl methyl sites for hydroxylation is 2. The minimum atomic E-state index is -0.373. The summed E-state index contributed by atoms with van der Waals surface area (Å²) in [6.45, 7) is 4.06. The highest BCUT2D eigenvalue weighted by atomic mass is 32.2. The molecular formula is C20H27N3O2S. The Bertz CT molecular complexity index is 726. The number of benzene rings is 1. The van der Waals surface area contributed by atoms with Crippen LogP contribution < -0.4 is 5.32 Å². The van der Waals surface area contributed by atoms with Crippen LogP contribution in [0.15, 0.2) is 23.2 Å². The second-order valence-corrected chi connectivity index (χ2v) is 8.33. The number of hydrogen-bond acceptors (Lipinski definition) is 4. The second-order valence-electron chi connectivity index (χ2n) is 7.16. The first kappa shape index (κ1) is 19.0. The van der Waals surface area contributed by atoms with Crippen molar-refractivity contribution in [2.75, 3.05) is 12.4 Å². The number of carbonyl (C=O) groups excluding carboxylic acids is 2. The zero-order valence-corrected chi connectivity index (χ0v) is 16.6. The van der Waals surface area contributed by atoms with Gasteiger partial charge in [-0.05, 0) is 49.9 Å². The summed E-state index contributed by atoms with van der Waals surface area (Å²) >= 11 is 1.43. The van der Waals surface area contributed by atoms with Gasteiger partial charge in [0.15, 0.2) is 5.17 Å². The van der Waals surface area contributed by atoms with E-state index in [-0.39, 0.29) is 29.5 Å². The Labute approximate surface area is 159 Å². The highest BCUT2D eigenvalue weighted by Gasteiger charge is 2.42. The summed E-state index contributed by atoms with van der Waals surface area (Å²) in [5, 5.41) is 3.32. The zero-order chi connectivity index (χ0) is 18.7. The molecule has 2 fully saturated rings. The molecule has 0 radical (unpaired) electrons. The van der Waals surface area contributed by atoms with Crippen LogP contribution in [0.4, 0.5) is 5.69 Å². The van der Waals surface area contributed by atoms with Gasteiger partial charge in [-0.25, -0.2) is 0 Å². The predicted octanol–water partition coefficient (Wildman–Crippen LogP) is 3.89. The molecule has 5 nitrogen and oxygen atoms in total. The van der Waals surface area contributed by atoms with Crippen LogP contribution in [0.5, 0.6) is 0 Å². The van der Waals surface area contributed by atoms with E-state index in [1.807, 2.05) is 36.9 Å². The van der Waals surface area contributed by atoms with Gasteiger partial charge in [-0.2, -0.15) is 0 Å². The molecule has 1 saturated carbocycles. The highest BCUT2D eigenvalue weighted by molar-refractivity contribution is 8.15.